The van der Waals surface area contributed by atoms with Gasteiger partial charge in [-0.3, -0.25) is 0 Å². The molecule has 7 aromatic rings. The number of hydrogen-bond donors (Lipinski definition) is 0. The molecule has 0 aliphatic rings. The van der Waals surface area contributed by atoms with Gasteiger partial charge >= 0.3 is 0 Å². The standard InChI is InChI=1S/C46H38O/c1-47-44-34-42(46(39-21-11-4-12-22-39,40-23-13-5-14-24-40)41-25-15-6-16-26-41)31-32-43(44)45(37-19-9-3-10-20-37)38-29-27-36(28-30-38)33-35-17-7-2-8-18-35/h2-32,34,45H,33H2,1H3. The highest BCUT2D eigenvalue weighted by Gasteiger charge is 2.39. The molecule has 0 heterocycles. The maximum absolute atomic E-state index is 6.32. The van der Waals surface area contributed by atoms with Crippen molar-refractivity contribution >= 4 is 0 Å². The molecule has 47 heavy (non-hydrogen) atoms. The highest BCUT2D eigenvalue weighted by Crippen LogP contribution is 2.47. The lowest BCUT2D eigenvalue weighted by Crippen LogP contribution is -2.31. The first kappa shape index (κ1) is 30.0. The van der Waals surface area contributed by atoms with Crippen molar-refractivity contribution in [3.63, 3.8) is 0 Å². The van der Waals surface area contributed by atoms with E-state index in [-0.39, 0.29) is 5.92 Å². The number of rotatable bonds is 10. The van der Waals surface area contributed by atoms with Crippen LogP contribution in [0.25, 0.3) is 0 Å². The molecule has 0 amide bonds. The minimum absolute atomic E-state index is 0.00514. The van der Waals surface area contributed by atoms with Gasteiger partial charge in [-0.25, -0.2) is 0 Å². The van der Waals surface area contributed by atoms with Crippen LogP contribution >= 0.6 is 0 Å². The van der Waals surface area contributed by atoms with E-state index in [2.05, 4.69) is 194 Å². The Hall–Kier alpha value is -5.66. The van der Waals surface area contributed by atoms with E-state index in [1.165, 1.54) is 38.9 Å². The van der Waals surface area contributed by atoms with Crippen LogP contribution in [0.1, 0.15) is 56.0 Å². The topological polar surface area (TPSA) is 9.23 Å². The lowest BCUT2D eigenvalue weighted by molar-refractivity contribution is 0.408. The largest absolute Gasteiger partial charge is 0.496 e. The fourth-order valence-corrected chi connectivity index (χ4v) is 7.10. The maximum atomic E-state index is 6.32. The van der Waals surface area contributed by atoms with Gasteiger partial charge in [0.15, 0.2) is 0 Å². The molecule has 0 spiro atoms. The first-order valence-electron chi connectivity index (χ1n) is 16.3. The molecule has 0 N–H and O–H groups in total. The van der Waals surface area contributed by atoms with Crippen LogP contribution in [-0.4, -0.2) is 7.11 Å². The Bertz CT molecular complexity index is 1900. The minimum Gasteiger partial charge on any atom is -0.496 e. The lowest BCUT2D eigenvalue weighted by Gasteiger charge is -2.37. The van der Waals surface area contributed by atoms with Crippen LogP contribution in [0.4, 0.5) is 0 Å². The van der Waals surface area contributed by atoms with Crippen LogP contribution in [0.5, 0.6) is 5.75 Å². The van der Waals surface area contributed by atoms with Gasteiger partial charge in [0.2, 0.25) is 0 Å². The summed E-state index contributed by atoms with van der Waals surface area (Å²) in [6, 6.07) is 69.9. The van der Waals surface area contributed by atoms with Crippen LogP contribution in [0.2, 0.25) is 0 Å². The SMILES string of the molecule is COc1cc(C(c2ccccc2)(c2ccccc2)c2ccccc2)ccc1C(c1ccccc1)c1ccc(Cc2ccccc2)cc1. The summed E-state index contributed by atoms with van der Waals surface area (Å²) < 4.78 is 6.32. The van der Waals surface area contributed by atoms with Gasteiger partial charge in [-0.15, -0.1) is 0 Å². The molecule has 7 aromatic carbocycles. The van der Waals surface area contributed by atoms with Crippen molar-refractivity contribution < 1.29 is 4.74 Å². The third kappa shape index (κ3) is 6.01. The highest BCUT2D eigenvalue weighted by atomic mass is 16.5. The van der Waals surface area contributed by atoms with Crippen molar-refractivity contribution in [3.8, 4) is 5.75 Å². The van der Waals surface area contributed by atoms with Gasteiger partial charge in [-0.1, -0.05) is 188 Å². The van der Waals surface area contributed by atoms with Crippen LogP contribution < -0.4 is 4.74 Å². The first-order valence-corrected chi connectivity index (χ1v) is 16.3. The van der Waals surface area contributed by atoms with E-state index in [9.17, 15) is 0 Å². The van der Waals surface area contributed by atoms with Crippen molar-refractivity contribution in [1.29, 1.82) is 0 Å². The van der Waals surface area contributed by atoms with E-state index in [1.807, 2.05) is 0 Å². The molecule has 0 aliphatic heterocycles. The van der Waals surface area contributed by atoms with Crippen LogP contribution in [-0.2, 0) is 11.8 Å². The van der Waals surface area contributed by atoms with Gasteiger partial charge in [0.05, 0.1) is 12.5 Å². The van der Waals surface area contributed by atoms with Crippen molar-refractivity contribution in [3.05, 3.63) is 244 Å². The fraction of sp³-hybridized carbons (Fsp3) is 0.0870. The number of hydrogen-bond acceptors (Lipinski definition) is 1. The van der Waals surface area contributed by atoms with Crippen LogP contribution in [0.3, 0.4) is 0 Å². The molecule has 0 saturated carbocycles. The molecule has 0 aliphatic carbocycles. The zero-order valence-corrected chi connectivity index (χ0v) is 26.7. The summed E-state index contributed by atoms with van der Waals surface area (Å²) in [5.74, 6) is 0.877. The molecule has 0 aromatic heterocycles. The Morgan fingerprint density at radius 3 is 1.34 bits per heavy atom. The summed E-state index contributed by atoms with van der Waals surface area (Å²) in [6.07, 6.45) is 0.912. The monoisotopic (exact) mass is 606 g/mol. The summed E-state index contributed by atoms with van der Waals surface area (Å²) in [5.41, 5.74) is 10.5. The smallest absolute Gasteiger partial charge is 0.123 e. The van der Waals surface area contributed by atoms with Gasteiger partial charge in [-0.05, 0) is 57.0 Å². The quantitative estimate of drug-likeness (QED) is 0.141. The molecule has 1 unspecified atom stereocenters. The van der Waals surface area contributed by atoms with E-state index < -0.39 is 5.41 Å². The molecule has 1 atom stereocenters. The Morgan fingerprint density at radius 1 is 0.426 bits per heavy atom. The van der Waals surface area contributed by atoms with E-state index >= 15 is 0 Å². The van der Waals surface area contributed by atoms with Crippen molar-refractivity contribution in [2.75, 3.05) is 7.11 Å². The van der Waals surface area contributed by atoms with Crippen molar-refractivity contribution in [2.45, 2.75) is 17.8 Å². The summed E-state index contributed by atoms with van der Waals surface area (Å²) in [7, 11) is 1.79. The minimum atomic E-state index is -0.545. The fourth-order valence-electron chi connectivity index (χ4n) is 7.10. The summed E-state index contributed by atoms with van der Waals surface area (Å²) in [5, 5.41) is 0. The zero-order chi connectivity index (χ0) is 31.9. The molecular weight excluding hydrogens is 569 g/mol. The van der Waals surface area contributed by atoms with Gasteiger partial charge in [0.25, 0.3) is 0 Å². The molecular formula is C46H38O. The van der Waals surface area contributed by atoms with Gasteiger partial charge in [0.1, 0.15) is 5.75 Å². The van der Waals surface area contributed by atoms with Crippen LogP contribution in [0.15, 0.2) is 194 Å². The summed E-state index contributed by atoms with van der Waals surface area (Å²) in [6.45, 7) is 0. The maximum Gasteiger partial charge on any atom is 0.123 e. The predicted octanol–water partition coefficient (Wildman–Crippen LogP) is 10.8. The van der Waals surface area contributed by atoms with Crippen LogP contribution in [0, 0.1) is 0 Å². The molecule has 0 saturated heterocycles. The van der Waals surface area contributed by atoms with E-state index in [0.717, 1.165) is 23.3 Å². The second kappa shape index (κ2) is 13.8. The Balaban J connectivity index is 1.39. The Labute approximate surface area is 278 Å². The number of methoxy groups -OCH3 is 1. The number of benzene rings is 7. The zero-order valence-electron chi connectivity index (χ0n) is 26.7. The van der Waals surface area contributed by atoms with Gasteiger partial charge in [0, 0.05) is 11.5 Å². The van der Waals surface area contributed by atoms with Gasteiger partial charge in [-0.2, -0.15) is 0 Å². The van der Waals surface area contributed by atoms with Crippen molar-refractivity contribution in [2.24, 2.45) is 0 Å². The molecule has 1 heteroatoms. The van der Waals surface area contributed by atoms with E-state index in [0.29, 0.717) is 0 Å². The predicted molar refractivity (Wildman–Crippen MR) is 194 cm³/mol. The van der Waals surface area contributed by atoms with E-state index in [4.69, 9.17) is 4.74 Å². The lowest BCUT2D eigenvalue weighted by atomic mass is 9.65. The molecule has 7 rings (SSSR count). The molecule has 228 valence electrons. The normalized spacial score (nSPS) is 11.9. The first-order chi connectivity index (χ1) is 23.3. The third-order valence-electron chi connectivity index (χ3n) is 9.29. The molecule has 0 fully saturated rings. The summed E-state index contributed by atoms with van der Waals surface area (Å²) >= 11 is 0. The van der Waals surface area contributed by atoms with Gasteiger partial charge < -0.3 is 4.74 Å². The Morgan fingerprint density at radius 2 is 0.851 bits per heavy atom. The molecule has 0 bridgehead atoms. The number of ether oxygens (including phenoxy) is 1. The highest BCUT2D eigenvalue weighted by molar-refractivity contribution is 5.62. The molecule has 1 nitrogen and oxygen atoms in total. The Kier molecular flexibility index (Phi) is 8.79. The van der Waals surface area contributed by atoms with Crippen molar-refractivity contribution in [1.82, 2.24) is 0 Å². The average Bonchev–Trinajstić information content (AvgIpc) is 3.15. The third-order valence-corrected chi connectivity index (χ3v) is 9.29. The average molecular weight is 607 g/mol. The van der Waals surface area contributed by atoms with E-state index in [1.54, 1.807) is 7.11 Å². The summed E-state index contributed by atoms with van der Waals surface area (Å²) in [4.78, 5) is 0. The molecule has 0 radical (unpaired) electrons. The second-order valence-corrected chi connectivity index (χ2v) is 12.1. The second-order valence-electron chi connectivity index (χ2n) is 12.1.